The van der Waals surface area contributed by atoms with Crippen LogP contribution in [0.2, 0.25) is 0 Å². The molecule has 26 heavy (non-hydrogen) atoms. The molecule has 0 saturated carbocycles. The lowest BCUT2D eigenvalue weighted by Crippen LogP contribution is -2.53. The fraction of sp³-hybridized carbons (Fsp3) is 0.562. The van der Waals surface area contributed by atoms with Crippen molar-refractivity contribution >= 4 is 27.4 Å². The third-order valence-electron chi connectivity index (χ3n) is 4.55. The minimum absolute atomic E-state index is 0.109. The van der Waals surface area contributed by atoms with Crippen molar-refractivity contribution in [2.75, 3.05) is 39.3 Å². The molecule has 1 atom stereocenters. The lowest BCUT2D eigenvalue weighted by Gasteiger charge is -2.35. The molecule has 10 heteroatoms. The minimum Gasteiger partial charge on any atom is -0.376 e. The quantitative estimate of drug-likeness (QED) is 0.763. The van der Waals surface area contributed by atoms with Gasteiger partial charge in [0, 0.05) is 39.3 Å². The molecule has 0 amide bonds. The first-order chi connectivity index (χ1) is 12.4. The van der Waals surface area contributed by atoms with E-state index in [9.17, 15) is 17.2 Å². The molecule has 6 nitrogen and oxygen atoms in total. The number of piperazine rings is 1. The Kier molecular flexibility index (Phi) is 6.06. The van der Waals surface area contributed by atoms with E-state index in [1.54, 1.807) is 0 Å². The van der Waals surface area contributed by atoms with Crippen LogP contribution in [0.3, 0.4) is 0 Å². The summed E-state index contributed by atoms with van der Waals surface area (Å²) in [5.41, 5.74) is 0. The standard InChI is InChI=1S/C16H21F2N3O3S2/c17-13-4-1-5-14(18)15(13)26(22,23)21-8-6-20(7-9-21)16(25)19-11-12-3-2-10-24-12/h1,4-5,12H,2-3,6-11H2,(H,19,25)/t12-/m0/s1. The van der Waals surface area contributed by atoms with E-state index in [0.717, 1.165) is 42.0 Å². The topological polar surface area (TPSA) is 61.9 Å². The van der Waals surface area contributed by atoms with Crippen LogP contribution >= 0.6 is 12.2 Å². The van der Waals surface area contributed by atoms with Crippen LogP contribution in [-0.2, 0) is 14.8 Å². The molecule has 0 unspecified atom stereocenters. The first-order valence-corrected chi connectivity index (χ1v) is 10.3. The normalized spacial score (nSPS) is 21.8. The summed E-state index contributed by atoms with van der Waals surface area (Å²) in [6, 6.07) is 3.02. The van der Waals surface area contributed by atoms with Crippen LogP contribution in [0.5, 0.6) is 0 Å². The van der Waals surface area contributed by atoms with E-state index in [1.165, 1.54) is 0 Å². The number of nitrogens with one attached hydrogen (secondary N) is 1. The fourth-order valence-corrected chi connectivity index (χ4v) is 4.90. The van der Waals surface area contributed by atoms with E-state index in [-0.39, 0.29) is 19.2 Å². The molecule has 3 rings (SSSR count). The zero-order chi connectivity index (χ0) is 18.7. The molecule has 1 aromatic carbocycles. The Balaban J connectivity index is 1.58. The van der Waals surface area contributed by atoms with Gasteiger partial charge in [-0.2, -0.15) is 4.31 Å². The largest absolute Gasteiger partial charge is 0.376 e. The van der Waals surface area contributed by atoms with Crippen LogP contribution in [0.4, 0.5) is 8.78 Å². The number of benzene rings is 1. The van der Waals surface area contributed by atoms with Crippen molar-refractivity contribution in [3.05, 3.63) is 29.8 Å². The molecule has 0 bridgehead atoms. The van der Waals surface area contributed by atoms with E-state index in [0.29, 0.717) is 24.7 Å². The van der Waals surface area contributed by atoms with Crippen LogP contribution in [-0.4, -0.2) is 68.2 Å². The van der Waals surface area contributed by atoms with Crippen LogP contribution in [0.25, 0.3) is 0 Å². The molecule has 2 aliphatic heterocycles. The summed E-state index contributed by atoms with van der Waals surface area (Å²) in [7, 11) is -4.22. The molecule has 1 N–H and O–H groups in total. The highest BCUT2D eigenvalue weighted by Gasteiger charge is 2.33. The Bertz CT molecular complexity index is 742. The average molecular weight is 405 g/mol. The highest BCUT2D eigenvalue weighted by molar-refractivity contribution is 7.89. The van der Waals surface area contributed by atoms with Gasteiger partial charge >= 0.3 is 0 Å². The molecule has 144 valence electrons. The molecule has 2 saturated heterocycles. The monoisotopic (exact) mass is 405 g/mol. The Morgan fingerprint density at radius 2 is 1.88 bits per heavy atom. The summed E-state index contributed by atoms with van der Waals surface area (Å²) in [6.45, 7) is 2.31. The third kappa shape index (κ3) is 4.13. The number of thiocarbonyl (C=S) groups is 1. The number of rotatable bonds is 4. The predicted octanol–water partition coefficient (Wildman–Crippen LogP) is 1.32. The highest BCUT2D eigenvalue weighted by Crippen LogP contribution is 2.23. The summed E-state index contributed by atoms with van der Waals surface area (Å²) in [5.74, 6) is -2.16. The van der Waals surface area contributed by atoms with Gasteiger partial charge in [-0.05, 0) is 37.2 Å². The van der Waals surface area contributed by atoms with Gasteiger partial charge in [0.1, 0.15) is 11.6 Å². The SMILES string of the molecule is O=S(=O)(c1c(F)cccc1F)N1CCN(C(=S)NC[C@@H]2CCCO2)CC1. The number of hydrogen-bond acceptors (Lipinski definition) is 4. The van der Waals surface area contributed by atoms with Crippen molar-refractivity contribution in [1.82, 2.24) is 14.5 Å². The second-order valence-electron chi connectivity index (χ2n) is 6.26. The van der Waals surface area contributed by atoms with Crippen molar-refractivity contribution in [2.24, 2.45) is 0 Å². The van der Waals surface area contributed by atoms with Crippen LogP contribution < -0.4 is 5.32 Å². The number of ether oxygens (including phenoxy) is 1. The lowest BCUT2D eigenvalue weighted by molar-refractivity contribution is 0.113. The van der Waals surface area contributed by atoms with Gasteiger partial charge < -0.3 is 15.0 Å². The van der Waals surface area contributed by atoms with Crippen molar-refractivity contribution in [3.8, 4) is 0 Å². The third-order valence-corrected chi connectivity index (χ3v) is 6.90. The van der Waals surface area contributed by atoms with Crippen LogP contribution in [0.15, 0.2) is 23.1 Å². The second-order valence-corrected chi connectivity index (χ2v) is 8.52. The van der Waals surface area contributed by atoms with Gasteiger partial charge in [-0.1, -0.05) is 6.07 Å². The molecular weight excluding hydrogens is 384 g/mol. The van der Waals surface area contributed by atoms with Crippen molar-refractivity contribution in [2.45, 2.75) is 23.8 Å². The van der Waals surface area contributed by atoms with E-state index in [1.807, 2.05) is 4.90 Å². The Labute approximate surface area is 157 Å². The summed E-state index contributed by atoms with van der Waals surface area (Å²) in [6.07, 6.45) is 2.19. The minimum atomic E-state index is -4.22. The lowest BCUT2D eigenvalue weighted by atomic mass is 10.2. The van der Waals surface area contributed by atoms with Gasteiger partial charge in [0.05, 0.1) is 6.10 Å². The maximum Gasteiger partial charge on any atom is 0.249 e. The summed E-state index contributed by atoms with van der Waals surface area (Å²) >= 11 is 5.35. The van der Waals surface area contributed by atoms with Gasteiger partial charge in [0.2, 0.25) is 10.0 Å². The molecule has 2 fully saturated rings. The predicted molar refractivity (Wildman–Crippen MR) is 96.3 cm³/mol. The second kappa shape index (κ2) is 8.12. The number of hydrogen-bond donors (Lipinski definition) is 1. The molecule has 0 aliphatic carbocycles. The van der Waals surface area contributed by atoms with Gasteiger partial charge in [-0.15, -0.1) is 0 Å². The van der Waals surface area contributed by atoms with Gasteiger partial charge in [0.15, 0.2) is 10.0 Å². The Morgan fingerprint density at radius 3 is 2.46 bits per heavy atom. The molecule has 0 aromatic heterocycles. The van der Waals surface area contributed by atoms with Crippen molar-refractivity contribution < 1.29 is 21.9 Å². The summed E-state index contributed by atoms with van der Waals surface area (Å²) in [4.78, 5) is 0.959. The van der Waals surface area contributed by atoms with E-state index >= 15 is 0 Å². The fourth-order valence-electron chi connectivity index (χ4n) is 3.11. The molecule has 0 radical (unpaired) electrons. The Hall–Kier alpha value is -1.36. The van der Waals surface area contributed by atoms with Gasteiger partial charge in [0.25, 0.3) is 0 Å². The maximum absolute atomic E-state index is 13.9. The van der Waals surface area contributed by atoms with E-state index in [4.69, 9.17) is 17.0 Å². The van der Waals surface area contributed by atoms with Crippen molar-refractivity contribution in [1.29, 1.82) is 0 Å². The summed E-state index contributed by atoms with van der Waals surface area (Å²) in [5, 5.41) is 3.68. The number of halogens is 2. The van der Waals surface area contributed by atoms with Crippen molar-refractivity contribution in [3.63, 3.8) is 0 Å². The van der Waals surface area contributed by atoms with Gasteiger partial charge in [-0.25, -0.2) is 17.2 Å². The molecule has 1 aromatic rings. The van der Waals surface area contributed by atoms with Crippen LogP contribution in [0, 0.1) is 11.6 Å². The summed E-state index contributed by atoms with van der Waals surface area (Å²) < 4.78 is 59.5. The van der Waals surface area contributed by atoms with Crippen LogP contribution in [0.1, 0.15) is 12.8 Å². The zero-order valence-electron chi connectivity index (χ0n) is 14.2. The average Bonchev–Trinajstić information content (AvgIpc) is 3.13. The molecule has 2 heterocycles. The number of nitrogens with zero attached hydrogens (tertiary/aromatic N) is 2. The molecular formula is C16H21F2N3O3S2. The maximum atomic E-state index is 13.9. The first-order valence-electron chi connectivity index (χ1n) is 8.48. The smallest absolute Gasteiger partial charge is 0.249 e. The van der Waals surface area contributed by atoms with E-state index < -0.39 is 26.6 Å². The Morgan fingerprint density at radius 1 is 1.23 bits per heavy atom. The first kappa shape index (κ1) is 19.4. The molecule has 0 spiro atoms. The van der Waals surface area contributed by atoms with E-state index in [2.05, 4.69) is 5.32 Å². The molecule has 2 aliphatic rings. The van der Waals surface area contributed by atoms with Gasteiger partial charge in [-0.3, -0.25) is 0 Å². The zero-order valence-corrected chi connectivity index (χ0v) is 15.8. The highest BCUT2D eigenvalue weighted by atomic mass is 32.2. The number of sulfonamides is 1.